The van der Waals surface area contributed by atoms with E-state index in [9.17, 15) is 9.18 Å². The van der Waals surface area contributed by atoms with Crippen molar-refractivity contribution in [3.63, 3.8) is 0 Å². The molecule has 0 unspecified atom stereocenters. The molecular weight excluding hydrogens is 161 g/mol. The number of hydrogen-bond acceptors (Lipinski definition) is 2. The van der Waals surface area contributed by atoms with Crippen molar-refractivity contribution in [2.45, 2.75) is 0 Å². The lowest BCUT2D eigenvalue weighted by molar-refractivity contribution is 0.254. The summed E-state index contributed by atoms with van der Waals surface area (Å²) in [6.07, 6.45) is 1.03. The van der Waals surface area contributed by atoms with Crippen LogP contribution in [-0.4, -0.2) is 18.1 Å². The number of amides is 2. The number of halogens is 1. The van der Waals surface area contributed by atoms with Gasteiger partial charge in [-0.1, -0.05) is 0 Å². The average molecular weight is 169 g/mol. The first-order valence-corrected chi connectivity index (χ1v) is 3.32. The fraction of sp³-hybridized carbons (Fsp3) is 0.143. The highest BCUT2D eigenvalue weighted by Gasteiger charge is 1.98. The van der Waals surface area contributed by atoms with Crippen LogP contribution in [0.4, 0.5) is 15.0 Å². The molecule has 0 saturated carbocycles. The number of hydrogen-bond donors (Lipinski definition) is 2. The van der Waals surface area contributed by atoms with Crippen LogP contribution in [0, 0.1) is 5.82 Å². The van der Waals surface area contributed by atoms with Crippen molar-refractivity contribution in [3.8, 4) is 0 Å². The van der Waals surface area contributed by atoms with Crippen LogP contribution in [0.1, 0.15) is 0 Å². The summed E-state index contributed by atoms with van der Waals surface area (Å²) >= 11 is 0. The van der Waals surface area contributed by atoms with E-state index < -0.39 is 5.82 Å². The van der Waals surface area contributed by atoms with E-state index in [1.54, 1.807) is 0 Å². The van der Waals surface area contributed by atoms with Crippen LogP contribution >= 0.6 is 0 Å². The number of rotatable bonds is 1. The third kappa shape index (κ3) is 2.19. The molecule has 1 aromatic rings. The normalized spacial score (nSPS) is 9.17. The molecule has 2 amide bonds. The Balaban J connectivity index is 2.64. The quantitative estimate of drug-likeness (QED) is 0.658. The molecule has 0 aliphatic heterocycles. The Morgan fingerprint density at radius 3 is 2.83 bits per heavy atom. The van der Waals surface area contributed by atoms with Crippen LogP contribution in [0.25, 0.3) is 0 Å². The van der Waals surface area contributed by atoms with Gasteiger partial charge in [0.2, 0.25) is 0 Å². The fourth-order valence-corrected chi connectivity index (χ4v) is 0.629. The van der Waals surface area contributed by atoms with Gasteiger partial charge in [-0.05, 0) is 12.1 Å². The number of urea groups is 1. The van der Waals surface area contributed by atoms with Crippen LogP contribution in [-0.2, 0) is 0 Å². The number of anilines is 1. The number of nitrogens with zero attached hydrogens (tertiary/aromatic N) is 1. The Labute approximate surface area is 68.8 Å². The summed E-state index contributed by atoms with van der Waals surface area (Å²) in [5.41, 5.74) is 0. The summed E-state index contributed by atoms with van der Waals surface area (Å²) in [4.78, 5) is 14.3. The molecule has 0 atom stereocenters. The average Bonchev–Trinajstić information content (AvgIpc) is 2.09. The molecule has 0 bridgehead atoms. The van der Waals surface area contributed by atoms with Gasteiger partial charge < -0.3 is 5.32 Å². The molecule has 0 spiro atoms. The van der Waals surface area contributed by atoms with Gasteiger partial charge in [0, 0.05) is 7.05 Å². The predicted molar refractivity (Wildman–Crippen MR) is 42.3 cm³/mol. The van der Waals surface area contributed by atoms with E-state index in [1.807, 2.05) is 0 Å². The maximum atomic E-state index is 12.3. The standard InChI is InChI=1S/C7H8FN3O/c1-9-7(12)11-6-3-2-5(8)4-10-6/h2-4H,1H3,(H2,9,10,11,12). The van der Waals surface area contributed by atoms with Gasteiger partial charge in [0.05, 0.1) is 6.20 Å². The first-order valence-electron chi connectivity index (χ1n) is 3.32. The molecule has 4 nitrogen and oxygen atoms in total. The minimum Gasteiger partial charge on any atom is -0.341 e. The first kappa shape index (κ1) is 8.45. The van der Waals surface area contributed by atoms with Crippen molar-refractivity contribution in [1.82, 2.24) is 10.3 Å². The summed E-state index contributed by atoms with van der Waals surface area (Å²) in [7, 11) is 1.48. The van der Waals surface area contributed by atoms with E-state index in [0.717, 1.165) is 6.20 Å². The second kappa shape index (κ2) is 3.66. The molecule has 12 heavy (non-hydrogen) atoms. The lowest BCUT2D eigenvalue weighted by Crippen LogP contribution is -2.24. The van der Waals surface area contributed by atoms with Crippen LogP contribution < -0.4 is 10.6 Å². The molecular formula is C7H8FN3O. The van der Waals surface area contributed by atoms with Crippen LogP contribution in [0.3, 0.4) is 0 Å². The molecule has 0 fully saturated rings. The largest absolute Gasteiger partial charge is 0.341 e. The fourth-order valence-electron chi connectivity index (χ4n) is 0.629. The summed E-state index contributed by atoms with van der Waals surface area (Å²) in [6.45, 7) is 0. The van der Waals surface area contributed by atoms with E-state index in [4.69, 9.17) is 0 Å². The topological polar surface area (TPSA) is 54.0 Å². The number of nitrogens with one attached hydrogen (secondary N) is 2. The molecule has 64 valence electrons. The van der Waals surface area contributed by atoms with Crippen LogP contribution in [0.15, 0.2) is 18.3 Å². The first-order chi connectivity index (χ1) is 5.72. The highest BCUT2D eigenvalue weighted by Crippen LogP contribution is 2.02. The molecule has 1 rings (SSSR count). The Hall–Kier alpha value is -1.65. The zero-order valence-corrected chi connectivity index (χ0v) is 6.47. The van der Waals surface area contributed by atoms with Crippen molar-refractivity contribution >= 4 is 11.8 Å². The van der Waals surface area contributed by atoms with E-state index in [-0.39, 0.29) is 6.03 Å². The Morgan fingerprint density at radius 1 is 1.58 bits per heavy atom. The Bertz CT molecular complexity index is 272. The van der Waals surface area contributed by atoms with Crippen LogP contribution in [0.5, 0.6) is 0 Å². The molecule has 0 radical (unpaired) electrons. The molecule has 0 saturated heterocycles. The number of carbonyl (C=O) groups excluding carboxylic acids is 1. The van der Waals surface area contributed by atoms with Crippen molar-refractivity contribution < 1.29 is 9.18 Å². The summed E-state index contributed by atoms with van der Waals surface area (Å²) in [6, 6.07) is 2.22. The second-order valence-corrected chi connectivity index (χ2v) is 2.07. The molecule has 0 aliphatic carbocycles. The van der Waals surface area contributed by atoms with Crippen molar-refractivity contribution in [2.24, 2.45) is 0 Å². The van der Waals surface area contributed by atoms with Gasteiger partial charge in [-0.25, -0.2) is 14.2 Å². The van der Waals surface area contributed by atoms with Gasteiger partial charge in [-0.15, -0.1) is 0 Å². The minimum atomic E-state index is -0.433. The summed E-state index contributed by atoms with van der Waals surface area (Å²) in [5.74, 6) is -0.117. The minimum absolute atomic E-state index is 0.316. The van der Waals surface area contributed by atoms with Crippen molar-refractivity contribution in [2.75, 3.05) is 12.4 Å². The summed E-state index contributed by atoms with van der Waals surface area (Å²) < 4.78 is 12.3. The van der Waals surface area contributed by atoms with Gasteiger partial charge >= 0.3 is 6.03 Å². The van der Waals surface area contributed by atoms with E-state index in [0.29, 0.717) is 5.82 Å². The highest BCUT2D eigenvalue weighted by molar-refractivity contribution is 5.87. The van der Waals surface area contributed by atoms with Gasteiger partial charge in [0.1, 0.15) is 11.6 Å². The van der Waals surface area contributed by atoms with Gasteiger partial charge in [0.15, 0.2) is 0 Å². The number of pyridine rings is 1. The lowest BCUT2D eigenvalue weighted by atomic mass is 10.4. The molecule has 0 aromatic carbocycles. The third-order valence-electron chi connectivity index (χ3n) is 1.20. The predicted octanol–water partition coefficient (Wildman–Crippen LogP) is 0.972. The third-order valence-corrected chi connectivity index (χ3v) is 1.20. The SMILES string of the molecule is CNC(=O)Nc1ccc(F)cn1. The summed E-state index contributed by atoms with van der Waals surface area (Å²) in [5, 5.41) is 4.74. The Kier molecular flexibility index (Phi) is 2.57. The van der Waals surface area contributed by atoms with E-state index in [1.165, 1.54) is 19.2 Å². The van der Waals surface area contributed by atoms with Crippen molar-refractivity contribution in [1.29, 1.82) is 0 Å². The van der Waals surface area contributed by atoms with Crippen molar-refractivity contribution in [3.05, 3.63) is 24.1 Å². The smallest absolute Gasteiger partial charge is 0.320 e. The zero-order valence-electron chi connectivity index (χ0n) is 6.47. The highest BCUT2D eigenvalue weighted by atomic mass is 19.1. The maximum Gasteiger partial charge on any atom is 0.320 e. The van der Waals surface area contributed by atoms with E-state index >= 15 is 0 Å². The molecule has 1 heterocycles. The lowest BCUT2D eigenvalue weighted by Gasteiger charge is -2.01. The molecule has 2 N–H and O–H groups in total. The molecule has 5 heteroatoms. The van der Waals surface area contributed by atoms with Crippen LogP contribution in [0.2, 0.25) is 0 Å². The van der Waals surface area contributed by atoms with Gasteiger partial charge in [0.25, 0.3) is 0 Å². The second-order valence-electron chi connectivity index (χ2n) is 2.07. The van der Waals surface area contributed by atoms with Gasteiger partial charge in [-0.2, -0.15) is 0 Å². The monoisotopic (exact) mass is 169 g/mol. The molecule has 0 aliphatic rings. The Morgan fingerprint density at radius 2 is 2.33 bits per heavy atom. The number of aromatic nitrogens is 1. The maximum absolute atomic E-state index is 12.3. The molecule has 1 aromatic heterocycles. The zero-order chi connectivity index (χ0) is 8.97. The number of carbonyl (C=O) groups is 1. The van der Waals surface area contributed by atoms with Gasteiger partial charge in [-0.3, -0.25) is 5.32 Å². The van der Waals surface area contributed by atoms with E-state index in [2.05, 4.69) is 15.6 Å².